The summed E-state index contributed by atoms with van der Waals surface area (Å²) in [6.45, 7) is 3.37. The lowest BCUT2D eigenvalue weighted by molar-refractivity contribution is 0.206. The van der Waals surface area contributed by atoms with E-state index in [0.29, 0.717) is 5.92 Å². The van der Waals surface area contributed by atoms with Crippen molar-refractivity contribution in [1.82, 2.24) is 9.47 Å². The largest absolute Gasteiger partial charge is 0.319 e. The van der Waals surface area contributed by atoms with Crippen molar-refractivity contribution in [3.63, 3.8) is 0 Å². The molecule has 4 heteroatoms. The van der Waals surface area contributed by atoms with Crippen LogP contribution in [0.3, 0.4) is 0 Å². The van der Waals surface area contributed by atoms with E-state index in [1.165, 1.54) is 36.1 Å². The fourth-order valence-corrected chi connectivity index (χ4v) is 5.60. The molecule has 1 saturated carbocycles. The van der Waals surface area contributed by atoms with Crippen molar-refractivity contribution in [3.8, 4) is 0 Å². The third kappa shape index (κ3) is 3.90. The Hall–Kier alpha value is -1.39. The number of thiophene rings is 1. The number of piperidine rings is 1. The highest BCUT2D eigenvalue weighted by Gasteiger charge is 2.23. The smallest absolute Gasteiger partial charge is 0.250 e. The minimum absolute atomic E-state index is 0.109. The molecule has 2 aromatic rings. The quantitative estimate of drug-likeness (QED) is 0.807. The molecule has 0 atom stereocenters. The van der Waals surface area contributed by atoms with Crippen LogP contribution < -0.4 is 5.56 Å². The molecule has 0 unspecified atom stereocenters. The fraction of sp³-hybridized carbons (Fsp3) is 0.571. The van der Waals surface area contributed by atoms with Crippen molar-refractivity contribution in [1.29, 1.82) is 0 Å². The van der Waals surface area contributed by atoms with Gasteiger partial charge in [0.15, 0.2) is 0 Å². The van der Waals surface area contributed by atoms with E-state index in [1.54, 1.807) is 9.44 Å². The van der Waals surface area contributed by atoms with Crippen molar-refractivity contribution < 1.29 is 0 Å². The van der Waals surface area contributed by atoms with Gasteiger partial charge >= 0.3 is 0 Å². The zero-order chi connectivity index (χ0) is 17.2. The van der Waals surface area contributed by atoms with Crippen molar-refractivity contribution >= 4 is 11.3 Å². The molecule has 25 heavy (non-hydrogen) atoms. The lowest BCUT2D eigenvalue weighted by atomic mass is 9.90. The van der Waals surface area contributed by atoms with Gasteiger partial charge in [-0.05, 0) is 74.4 Å². The van der Waals surface area contributed by atoms with E-state index in [1.807, 2.05) is 30.6 Å². The van der Waals surface area contributed by atoms with Crippen molar-refractivity contribution in [3.05, 3.63) is 56.1 Å². The number of likely N-dealkylation sites (tertiary alicyclic amines) is 1. The summed E-state index contributed by atoms with van der Waals surface area (Å²) >= 11 is 2.04. The predicted molar refractivity (Wildman–Crippen MR) is 104 cm³/mol. The molecule has 0 bridgehead atoms. The summed E-state index contributed by atoms with van der Waals surface area (Å²) in [6, 6.07) is 8.68. The minimum atomic E-state index is 0.109. The Morgan fingerprint density at radius 2 is 1.80 bits per heavy atom. The van der Waals surface area contributed by atoms with Gasteiger partial charge in [-0.1, -0.05) is 12.8 Å². The molecule has 0 radical (unpaired) electrons. The van der Waals surface area contributed by atoms with Crippen LogP contribution >= 0.6 is 11.3 Å². The van der Waals surface area contributed by atoms with E-state index in [0.717, 1.165) is 38.4 Å². The summed E-state index contributed by atoms with van der Waals surface area (Å²) in [7, 11) is 1.82. The molecule has 1 aliphatic carbocycles. The summed E-state index contributed by atoms with van der Waals surface area (Å²) in [5, 5.41) is 0. The first-order valence-corrected chi connectivity index (χ1v) is 10.5. The molecule has 0 amide bonds. The first kappa shape index (κ1) is 17.0. The summed E-state index contributed by atoms with van der Waals surface area (Å²) < 4.78 is 1.65. The zero-order valence-corrected chi connectivity index (χ0v) is 15.9. The zero-order valence-electron chi connectivity index (χ0n) is 15.1. The first-order chi connectivity index (χ1) is 12.2. The molecule has 0 N–H and O–H groups in total. The van der Waals surface area contributed by atoms with Crippen molar-refractivity contribution in [2.24, 2.45) is 7.05 Å². The monoisotopic (exact) mass is 356 g/mol. The Bertz CT molecular complexity index is 764. The highest BCUT2D eigenvalue weighted by molar-refractivity contribution is 7.12. The first-order valence-electron chi connectivity index (χ1n) is 9.66. The van der Waals surface area contributed by atoms with Gasteiger partial charge in [0.1, 0.15) is 0 Å². The average Bonchev–Trinajstić information content (AvgIpc) is 3.29. The maximum absolute atomic E-state index is 11.9. The van der Waals surface area contributed by atoms with Gasteiger partial charge in [0.05, 0.1) is 0 Å². The Morgan fingerprint density at radius 3 is 2.52 bits per heavy atom. The number of aryl methyl sites for hydroxylation is 1. The van der Waals surface area contributed by atoms with Crippen LogP contribution in [0.4, 0.5) is 0 Å². The van der Waals surface area contributed by atoms with Gasteiger partial charge in [-0.2, -0.15) is 0 Å². The van der Waals surface area contributed by atoms with Gasteiger partial charge < -0.3 is 4.57 Å². The highest BCUT2D eigenvalue weighted by atomic mass is 32.1. The Kier molecular flexibility index (Phi) is 5.09. The molecule has 2 aromatic heterocycles. The minimum Gasteiger partial charge on any atom is -0.319 e. The molecular weight excluding hydrogens is 328 g/mol. The van der Waals surface area contributed by atoms with E-state index in [9.17, 15) is 4.79 Å². The van der Waals surface area contributed by atoms with Crippen molar-refractivity contribution in [2.75, 3.05) is 13.1 Å². The lowest BCUT2D eigenvalue weighted by Crippen LogP contribution is -2.32. The standard InChI is InChI=1S/C21H28N2OS/c1-22-11-8-18(14-21(22)24)16-9-12-23(13-10-16)15-19-6-7-20(25-19)17-4-2-3-5-17/h6-8,11,14,16-17H,2-5,9-10,12-13,15H2,1H3. The van der Waals surface area contributed by atoms with E-state index in [-0.39, 0.29) is 5.56 Å². The molecular formula is C21H28N2OS. The second-order valence-electron chi connectivity index (χ2n) is 7.75. The number of hydrogen-bond donors (Lipinski definition) is 0. The summed E-state index contributed by atoms with van der Waals surface area (Å²) in [6.07, 6.45) is 9.83. The molecule has 0 spiro atoms. The topological polar surface area (TPSA) is 25.2 Å². The maximum atomic E-state index is 11.9. The van der Waals surface area contributed by atoms with Crippen LogP contribution in [0.2, 0.25) is 0 Å². The lowest BCUT2D eigenvalue weighted by Gasteiger charge is -2.31. The maximum Gasteiger partial charge on any atom is 0.250 e. The third-order valence-electron chi connectivity index (χ3n) is 6.01. The van der Waals surface area contributed by atoms with Crippen LogP contribution in [0.25, 0.3) is 0 Å². The molecule has 2 aliphatic rings. The Labute approximate surface area is 154 Å². The van der Waals surface area contributed by atoms with Crippen LogP contribution in [0.15, 0.2) is 35.3 Å². The van der Waals surface area contributed by atoms with Crippen molar-refractivity contribution in [2.45, 2.75) is 56.9 Å². The SMILES string of the molecule is Cn1ccc(C2CCN(Cc3ccc(C4CCCC4)s3)CC2)cc1=O. The predicted octanol–water partition coefficient (Wildman–Crippen LogP) is 4.48. The molecule has 1 aliphatic heterocycles. The normalized spacial score (nSPS) is 20.4. The van der Waals surface area contributed by atoms with Crippen LogP contribution in [-0.2, 0) is 13.6 Å². The van der Waals surface area contributed by atoms with E-state index in [2.05, 4.69) is 23.1 Å². The van der Waals surface area contributed by atoms with Gasteiger partial charge in [0.2, 0.25) is 0 Å². The van der Waals surface area contributed by atoms with Gasteiger partial charge in [0, 0.05) is 35.6 Å². The fourth-order valence-electron chi connectivity index (χ4n) is 4.37. The van der Waals surface area contributed by atoms with Gasteiger partial charge in [0.25, 0.3) is 5.56 Å². The van der Waals surface area contributed by atoms with Gasteiger partial charge in [-0.15, -0.1) is 11.3 Å². The second kappa shape index (κ2) is 7.46. The number of aromatic nitrogens is 1. The van der Waals surface area contributed by atoms with Crippen LogP contribution in [0, 0.1) is 0 Å². The molecule has 4 rings (SSSR count). The average molecular weight is 357 g/mol. The summed E-state index contributed by atoms with van der Waals surface area (Å²) in [4.78, 5) is 17.6. The number of hydrogen-bond acceptors (Lipinski definition) is 3. The molecule has 3 heterocycles. The molecule has 3 nitrogen and oxygen atoms in total. The van der Waals surface area contributed by atoms with Gasteiger partial charge in [-0.25, -0.2) is 0 Å². The number of nitrogens with zero attached hydrogens (tertiary/aromatic N) is 2. The van der Waals surface area contributed by atoms with E-state index < -0.39 is 0 Å². The van der Waals surface area contributed by atoms with E-state index in [4.69, 9.17) is 0 Å². The van der Waals surface area contributed by atoms with Crippen LogP contribution in [0.1, 0.15) is 65.7 Å². The Balaban J connectivity index is 1.32. The summed E-state index contributed by atoms with van der Waals surface area (Å²) in [5.41, 5.74) is 1.33. The van der Waals surface area contributed by atoms with Crippen LogP contribution in [-0.4, -0.2) is 22.6 Å². The molecule has 0 aromatic carbocycles. The van der Waals surface area contributed by atoms with E-state index >= 15 is 0 Å². The third-order valence-corrected chi connectivity index (χ3v) is 7.24. The summed E-state index contributed by atoms with van der Waals surface area (Å²) in [5.74, 6) is 1.38. The molecule has 2 fully saturated rings. The second-order valence-corrected chi connectivity index (χ2v) is 8.95. The number of pyridine rings is 1. The highest BCUT2D eigenvalue weighted by Crippen LogP contribution is 2.38. The molecule has 1 saturated heterocycles. The molecule has 134 valence electrons. The Morgan fingerprint density at radius 1 is 1.04 bits per heavy atom. The van der Waals surface area contributed by atoms with Crippen LogP contribution in [0.5, 0.6) is 0 Å². The number of rotatable bonds is 4. The van der Waals surface area contributed by atoms with Gasteiger partial charge in [-0.3, -0.25) is 9.69 Å².